The van der Waals surface area contributed by atoms with Gasteiger partial charge in [-0.15, -0.1) is 11.6 Å². The molecule has 3 nitrogen and oxygen atoms in total. The lowest BCUT2D eigenvalue weighted by molar-refractivity contribution is 0.102. The van der Waals surface area contributed by atoms with Crippen LogP contribution in [0.4, 0.5) is 10.1 Å². The molecule has 0 aliphatic carbocycles. The number of nitrogens with one attached hydrogen (secondary N) is 1. The Hall–Kier alpha value is -2.07. The number of anilines is 1. The summed E-state index contributed by atoms with van der Waals surface area (Å²) < 4.78 is 13.1. The third-order valence-electron chi connectivity index (χ3n) is 2.55. The lowest BCUT2D eigenvalue weighted by Crippen LogP contribution is -2.12. The number of hydrogen-bond donors (Lipinski definition) is 2. The van der Waals surface area contributed by atoms with Crippen molar-refractivity contribution in [3.63, 3.8) is 0 Å². The zero-order chi connectivity index (χ0) is 13.8. The Labute approximate surface area is 114 Å². The molecule has 0 aliphatic rings. The lowest BCUT2D eigenvalue weighted by Gasteiger charge is -2.07. The minimum atomic E-state index is -0.785. The number of carbonyl (C=O) groups is 1. The number of phenols is 1. The molecule has 2 aromatic carbocycles. The number of phenolic OH excluding ortho intramolecular Hbond substituents is 1. The largest absolute Gasteiger partial charge is 0.505 e. The van der Waals surface area contributed by atoms with Crippen LogP contribution in [0.1, 0.15) is 15.9 Å². The van der Waals surface area contributed by atoms with Gasteiger partial charge in [-0.2, -0.15) is 0 Å². The van der Waals surface area contributed by atoms with Crippen molar-refractivity contribution in [3.05, 3.63) is 59.4 Å². The predicted octanol–water partition coefficient (Wildman–Crippen LogP) is 3.52. The van der Waals surface area contributed by atoms with Crippen molar-refractivity contribution >= 4 is 23.2 Å². The first-order chi connectivity index (χ1) is 9.10. The molecule has 19 heavy (non-hydrogen) atoms. The van der Waals surface area contributed by atoms with Crippen molar-refractivity contribution in [3.8, 4) is 5.75 Å². The molecule has 0 aliphatic heterocycles. The molecule has 0 unspecified atom stereocenters. The quantitative estimate of drug-likeness (QED) is 0.667. The van der Waals surface area contributed by atoms with Crippen molar-refractivity contribution in [1.82, 2.24) is 0 Å². The van der Waals surface area contributed by atoms with E-state index in [1.54, 1.807) is 18.2 Å². The third kappa shape index (κ3) is 3.23. The van der Waals surface area contributed by atoms with E-state index in [2.05, 4.69) is 5.32 Å². The summed E-state index contributed by atoms with van der Waals surface area (Å²) in [6.07, 6.45) is 0. The number of rotatable bonds is 3. The number of amides is 1. The summed E-state index contributed by atoms with van der Waals surface area (Å²) in [6.45, 7) is 0. The second-order valence-electron chi connectivity index (χ2n) is 3.95. The third-order valence-corrected chi connectivity index (χ3v) is 2.86. The van der Waals surface area contributed by atoms with Gasteiger partial charge in [-0.3, -0.25) is 4.79 Å². The predicted molar refractivity (Wildman–Crippen MR) is 72.0 cm³/mol. The van der Waals surface area contributed by atoms with Gasteiger partial charge in [0.15, 0.2) is 11.6 Å². The second-order valence-corrected chi connectivity index (χ2v) is 4.22. The molecule has 5 heteroatoms. The van der Waals surface area contributed by atoms with Crippen LogP contribution in [-0.4, -0.2) is 11.0 Å². The first-order valence-electron chi connectivity index (χ1n) is 5.55. The van der Waals surface area contributed by atoms with Gasteiger partial charge in [0.1, 0.15) is 0 Å². The molecule has 2 N–H and O–H groups in total. The van der Waals surface area contributed by atoms with Gasteiger partial charge >= 0.3 is 0 Å². The van der Waals surface area contributed by atoms with Gasteiger partial charge in [-0.1, -0.05) is 12.1 Å². The van der Waals surface area contributed by atoms with E-state index in [1.807, 2.05) is 6.07 Å². The molecule has 0 heterocycles. The monoisotopic (exact) mass is 279 g/mol. The Bertz CT molecular complexity index is 616. The number of alkyl halides is 1. The van der Waals surface area contributed by atoms with Gasteiger partial charge in [-0.25, -0.2) is 4.39 Å². The number of carbonyl (C=O) groups excluding carboxylic acids is 1. The fourth-order valence-electron chi connectivity index (χ4n) is 1.58. The van der Waals surface area contributed by atoms with Crippen molar-refractivity contribution in [1.29, 1.82) is 0 Å². The van der Waals surface area contributed by atoms with Crippen molar-refractivity contribution in [2.75, 3.05) is 5.32 Å². The molecule has 98 valence electrons. The number of hydrogen-bond acceptors (Lipinski definition) is 2. The van der Waals surface area contributed by atoms with Crippen LogP contribution in [0.2, 0.25) is 0 Å². The molecule has 2 aromatic rings. The maximum atomic E-state index is 13.1. The van der Waals surface area contributed by atoms with Gasteiger partial charge in [0.2, 0.25) is 0 Å². The van der Waals surface area contributed by atoms with Gasteiger partial charge < -0.3 is 10.4 Å². The molecule has 1 amide bonds. The van der Waals surface area contributed by atoms with E-state index in [-0.39, 0.29) is 11.6 Å². The van der Waals surface area contributed by atoms with Gasteiger partial charge in [0.25, 0.3) is 5.91 Å². The molecule has 0 spiro atoms. The second kappa shape index (κ2) is 5.71. The first kappa shape index (κ1) is 13.4. The highest BCUT2D eigenvalue weighted by Crippen LogP contribution is 2.20. The molecule has 0 radical (unpaired) electrons. The topological polar surface area (TPSA) is 49.3 Å². The molecule has 0 aromatic heterocycles. The Kier molecular flexibility index (Phi) is 4.02. The standard InChI is InChI=1S/C14H11ClFNO2/c15-8-9-2-1-3-10(6-9)14(19)17-11-4-5-13(18)12(16)7-11/h1-7,18H,8H2,(H,17,19). The van der Waals surface area contributed by atoms with Crippen LogP contribution in [-0.2, 0) is 5.88 Å². The maximum absolute atomic E-state index is 13.1. The molecule has 0 fully saturated rings. The highest BCUT2D eigenvalue weighted by Gasteiger charge is 2.08. The van der Waals surface area contributed by atoms with Crippen molar-refractivity contribution < 1.29 is 14.3 Å². The highest BCUT2D eigenvalue weighted by molar-refractivity contribution is 6.17. The zero-order valence-corrected chi connectivity index (χ0v) is 10.6. The van der Waals surface area contributed by atoms with E-state index in [4.69, 9.17) is 16.7 Å². The number of aromatic hydroxyl groups is 1. The summed E-state index contributed by atoms with van der Waals surface area (Å²) in [5, 5.41) is 11.6. The van der Waals surface area contributed by atoms with E-state index in [1.165, 1.54) is 12.1 Å². The summed E-state index contributed by atoms with van der Waals surface area (Å²) >= 11 is 5.69. The fraction of sp³-hybridized carbons (Fsp3) is 0.0714. The Morgan fingerprint density at radius 2 is 2.05 bits per heavy atom. The fourth-order valence-corrected chi connectivity index (χ4v) is 1.75. The van der Waals surface area contributed by atoms with E-state index in [0.29, 0.717) is 11.4 Å². The van der Waals surface area contributed by atoms with Crippen LogP contribution in [0.5, 0.6) is 5.75 Å². The summed E-state index contributed by atoms with van der Waals surface area (Å²) in [6, 6.07) is 10.5. The van der Waals surface area contributed by atoms with E-state index in [0.717, 1.165) is 11.6 Å². The van der Waals surface area contributed by atoms with E-state index < -0.39 is 11.6 Å². The smallest absolute Gasteiger partial charge is 0.255 e. The van der Waals surface area contributed by atoms with Crippen LogP contribution in [0.3, 0.4) is 0 Å². The molecule has 0 saturated carbocycles. The molecular weight excluding hydrogens is 269 g/mol. The van der Waals surface area contributed by atoms with Crippen LogP contribution in [0, 0.1) is 5.82 Å². The molecule has 0 saturated heterocycles. The number of halogens is 2. The first-order valence-corrected chi connectivity index (χ1v) is 6.08. The minimum absolute atomic E-state index is 0.275. The van der Waals surface area contributed by atoms with Gasteiger partial charge in [-0.05, 0) is 29.8 Å². The summed E-state index contributed by atoms with van der Waals surface area (Å²) in [5.74, 6) is -1.29. The number of benzene rings is 2. The van der Waals surface area contributed by atoms with Crippen molar-refractivity contribution in [2.45, 2.75) is 5.88 Å². The van der Waals surface area contributed by atoms with Crippen LogP contribution in [0.15, 0.2) is 42.5 Å². The average molecular weight is 280 g/mol. The van der Waals surface area contributed by atoms with Crippen molar-refractivity contribution in [2.24, 2.45) is 0 Å². The highest BCUT2D eigenvalue weighted by atomic mass is 35.5. The molecular formula is C14H11ClFNO2. The average Bonchev–Trinajstić information content (AvgIpc) is 2.43. The minimum Gasteiger partial charge on any atom is -0.505 e. The van der Waals surface area contributed by atoms with Gasteiger partial charge in [0, 0.05) is 23.2 Å². The Morgan fingerprint density at radius 1 is 1.26 bits per heavy atom. The maximum Gasteiger partial charge on any atom is 0.255 e. The SMILES string of the molecule is O=C(Nc1ccc(O)c(F)c1)c1cccc(CCl)c1. The van der Waals surface area contributed by atoms with Crippen LogP contribution < -0.4 is 5.32 Å². The Morgan fingerprint density at radius 3 is 2.74 bits per heavy atom. The summed E-state index contributed by atoms with van der Waals surface area (Å²) in [7, 11) is 0. The zero-order valence-electron chi connectivity index (χ0n) is 9.86. The molecule has 2 rings (SSSR count). The normalized spacial score (nSPS) is 10.2. The summed E-state index contributed by atoms with van der Waals surface area (Å²) in [5.41, 5.74) is 1.54. The molecule has 0 atom stereocenters. The Balaban J connectivity index is 2.18. The van der Waals surface area contributed by atoms with E-state index in [9.17, 15) is 9.18 Å². The van der Waals surface area contributed by atoms with Crippen LogP contribution in [0.25, 0.3) is 0 Å². The lowest BCUT2D eigenvalue weighted by atomic mass is 10.1. The van der Waals surface area contributed by atoms with E-state index >= 15 is 0 Å². The summed E-state index contributed by atoms with van der Waals surface area (Å²) in [4.78, 5) is 11.9. The molecule has 0 bridgehead atoms. The van der Waals surface area contributed by atoms with Gasteiger partial charge in [0.05, 0.1) is 0 Å². The van der Waals surface area contributed by atoms with Crippen LogP contribution >= 0.6 is 11.6 Å².